The summed E-state index contributed by atoms with van der Waals surface area (Å²) >= 11 is 0. The molecule has 130 valence electrons. The standard InChI is InChI=1S/C18H21N5O2/c1-21-18(25)16-12-14-6-2-3-7-15(14)23(16)13-17(24)22(10-4-8-19)11-5-9-20/h2-3,6-7,16H,4-5,10-13H2,1H3,(H,21,25)/t16-/m0/s1. The first kappa shape index (κ1) is 18.3. The van der Waals surface area contributed by atoms with Gasteiger partial charge >= 0.3 is 0 Å². The quantitative estimate of drug-likeness (QED) is 0.793. The number of likely N-dealkylation sites (N-methyl/N-ethyl adjacent to an activating group) is 1. The smallest absolute Gasteiger partial charge is 0.242 e. The van der Waals surface area contributed by atoms with Gasteiger partial charge in [-0.1, -0.05) is 18.2 Å². The highest BCUT2D eigenvalue weighted by atomic mass is 16.2. The molecule has 1 aromatic carbocycles. The van der Waals surface area contributed by atoms with Gasteiger partial charge in [0.25, 0.3) is 0 Å². The predicted molar refractivity (Wildman–Crippen MR) is 92.4 cm³/mol. The number of nitriles is 2. The van der Waals surface area contributed by atoms with Gasteiger partial charge in [-0.2, -0.15) is 10.5 Å². The minimum absolute atomic E-state index is 0.0476. The van der Waals surface area contributed by atoms with Crippen LogP contribution >= 0.6 is 0 Å². The third-order valence-electron chi connectivity index (χ3n) is 4.28. The zero-order chi connectivity index (χ0) is 18.2. The van der Waals surface area contributed by atoms with Gasteiger partial charge in [-0.05, 0) is 11.6 Å². The number of carbonyl (C=O) groups is 2. The number of rotatable bonds is 7. The molecule has 0 bridgehead atoms. The van der Waals surface area contributed by atoms with Gasteiger partial charge in [-0.25, -0.2) is 0 Å². The summed E-state index contributed by atoms with van der Waals surface area (Å²) in [5, 5.41) is 20.2. The van der Waals surface area contributed by atoms with Crippen LogP contribution in [0.5, 0.6) is 0 Å². The van der Waals surface area contributed by atoms with Crippen LogP contribution in [0.15, 0.2) is 24.3 Å². The second-order valence-corrected chi connectivity index (χ2v) is 5.79. The lowest BCUT2D eigenvalue weighted by atomic mass is 10.1. The summed E-state index contributed by atoms with van der Waals surface area (Å²) in [6.45, 7) is 0.625. The molecule has 0 radical (unpaired) electrons. The molecule has 0 unspecified atom stereocenters. The van der Waals surface area contributed by atoms with Gasteiger partial charge in [0.15, 0.2) is 0 Å². The van der Waals surface area contributed by atoms with Gasteiger partial charge in [0.05, 0.1) is 31.5 Å². The fraction of sp³-hybridized carbons (Fsp3) is 0.444. The highest BCUT2D eigenvalue weighted by molar-refractivity contribution is 5.91. The van der Waals surface area contributed by atoms with E-state index in [0.29, 0.717) is 6.42 Å². The molecule has 1 aliphatic rings. The molecule has 1 atom stereocenters. The van der Waals surface area contributed by atoms with E-state index in [1.807, 2.05) is 41.3 Å². The Morgan fingerprint density at radius 3 is 2.48 bits per heavy atom. The van der Waals surface area contributed by atoms with Crippen LogP contribution in [0, 0.1) is 22.7 Å². The number of nitrogens with one attached hydrogen (secondary N) is 1. The average molecular weight is 339 g/mol. The lowest BCUT2D eigenvalue weighted by Gasteiger charge is -2.29. The second kappa shape index (κ2) is 8.70. The summed E-state index contributed by atoms with van der Waals surface area (Å²) < 4.78 is 0. The number of benzene rings is 1. The monoisotopic (exact) mass is 339 g/mol. The third-order valence-corrected chi connectivity index (χ3v) is 4.28. The molecular formula is C18H21N5O2. The number of hydrogen-bond acceptors (Lipinski definition) is 5. The molecule has 25 heavy (non-hydrogen) atoms. The van der Waals surface area contributed by atoms with Gasteiger partial charge in [0.2, 0.25) is 11.8 Å². The molecule has 1 aromatic rings. The fourth-order valence-corrected chi connectivity index (χ4v) is 3.02. The van der Waals surface area contributed by atoms with Crippen molar-refractivity contribution in [1.82, 2.24) is 10.2 Å². The van der Waals surface area contributed by atoms with Crippen LogP contribution in [0.25, 0.3) is 0 Å². The molecule has 0 aliphatic carbocycles. The van der Waals surface area contributed by atoms with Crippen LogP contribution in [0.2, 0.25) is 0 Å². The molecule has 2 rings (SSSR count). The van der Waals surface area contributed by atoms with Crippen molar-refractivity contribution in [2.75, 3.05) is 31.6 Å². The summed E-state index contributed by atoms with van der Waals surface area (Å²) in [5.41, 5.74) is 1.91. The summed E-state index contributed by atoms with van der Waals surface area (Å²) in [5.74, 6) is -0.319. The van der Waals surface area contributed by atoms with Crippen molar-refractivity contribution in [1.29, 1.82) is 10.5 Å². The molecule has 1 N–H and O–H groups in total. The zero-order valence-corrected chi connectivity index (χ0v) is 14.2. The number of carbonyl (C=O) groups excluding carboxylic acids is 2. The topological polar surface area (TPSA) is 100 Å². The predicted octanol–water partition coefficient (Wildman–Crippen LogP) is 0.820. The lowest BCUT2D eigenvalue weighted by Crippen LogP contribution is -2.49. The van der Waals surface area contributed by atoms with Crippen LogP contribution in [-0.2, 0) is 16.0 Å². The van der Waals surface area contributed by atoms with E-state index in [1.165, 1.54) is 4.90 Å². The minimum atomic E-state index is -0.430. The Kier molecular flexibility index (Phi) is 6.36. The van der Waals surface area contributed by atoms with E-state index in [-0.39, 0.29) is 44.3 Å². The van der Waals surface area contributed by atoms with Crippen molar-refractivity contribution in [2.24, 2.45) is 0 Å². The number of amides is 2. The lowest BCUT2D eigenvalue weighted by molar-refractivity contribution is -0.129. The van der Waals surface area contributed by atoms with Crippen LogP contribution in [0.3, 0.4) is 0 Å². The van der Waals surface area contributed by atoms with Crippen molar-refractivity contribution in [3.63, 3.8) is 0 Å². The van der Waals surface area contributed by atoms with Gasteiger partial charge in [-0.15, -0.1) is 0 Å². The van der Waals surface area contributed by atoms with E-state index in [9.17, 15) is 9.59 Å². The van der Waals surface area contributed by atoms with Crippen LogP contribution in [-0.4, -0.2) is 49.4 Å². The molecule has 0 aromatic heterocycles. The van der Waals surface area contributed by atoms with Crippen LogP contribution in [0.4, 0.5) is 5.69 Å². The molecule has 0 saturated heterocycles. The van der Waals surface area contributed by atoms with Crippen molar-refractivity contribution in [2.45, 2.75) is 25.3 Å². The number of fused-ring (bicyclic) bond motifs is 1. The van der Waals surface area contributed by atoms with Gasteiger partial charge in [0, 0.05) is 32.2 Å². The first-order valence-corrected chi connectivity index (χ1v) is 8.20. The number of hydrogen-bond donors (Lipinski definition) is 1. The highest BCUT2D eigenvalue weighted by Gasteiger charge is 2.35. The Morgan fingerprint density at radius 2 is 1.88 bits per heavy atom. The molecular weight excluding hydrogens is 318 g/mol. The maximum Gasteiger partial charge on any atom is 0.242 e. The van der Waals surface area contributed by atoms with Gasteiger partial charge < -0.3 is 15.1 Å². The first-order valence-electron chi connectivity index (χ1n) is 8.20. The molecule has 7 nitrogen and oxygen atoms in total. The minimum Gasteiger partial charge on any atom is -0.357 e. The van der Waals surface area contributed by atoms with E-state index in [4.69, 9.17) is 10.5 Å². The number of nitrogens with zero attached hydrogens (tertiary/aromatic N) is 4. The SMILES string of the molecule is CNC(=O)[C@@H]1Cc2ccccc2N1CC(=O)N(CCC#N)CCC#N. The summed E-state index contributed by atoms with van der Waals surface area (Å²) in [6, 6.07) is 11.3. The van der Waals surface area contributed by atoms with Crippen molar-refractivity contribution < 1.29 is 9.59 Å². The largest absolute Gasteiger partial charge is 0.357 e. The number of anilines is 1. The first-order chi connectivity index (χ1) is 12.1. The molecule has 1 heterocycles. The van der Waals surface area contributed by atoms with Crippen LogP contribution < -0.4 is 10.2 Å². The van der Waals surface area contributed by atoms with E-state index in [2.05, 4.69) is 5.32 Å². The number of para-hydroxylation sites is 1. The maximum atomic E-state index is 12.7. The summed E-state index contributed by atoms with van der Waals surface area (Å²) in [6.07, 6.45) is 0.985. The maximum absolute atomic E-state index is 12.7. The second-order valence-electron chi connectivity index (χ2n) is 5.79. The van der Waals surface area contributed by atoms with E-state index >= 15 is 0 Å². The fourth-order valence-electron chi connectivity index (χ4n) is 3.02. The Morgan fingerprint density at radius 1 is 1.24 bits per heavy atom. The Labute approximate surface area is 147 Å². The molecule has 0 saturated carbocycles. The average Bonchev–Trinajstić information content (AvgIpc) is 2.99. The Bertz CT molecular complexity index is 701. The van der Waals surface area contributed by atoms with E-state index < -0.39 is 6.04 Å². The third kappa shape index (κ3) is 4.27. The molecule has 0 spiro atoms. The Balaban J connectivity index is 2.18. The molecule has 2 amide bonds. The van der Waals surface area contributed by atoms with E-state index in [0.717, 1.165) is 11.3 Å². The molecule has 1 aliphatic heterocycles. The van der Waals surface area contributed by atoms with Crippen LogP contribution in [0.1, 0.15) is 18.4 Å². The summed E-state index contributed by atoms with van der Waals surface area (Å²) in [4.78, 5) is 28.3. The Hall–Kier alpha value is -3.06. The molecule has 0 fully saturated rings. The van der Waals surface area contributed by atoms with E-state index in [1.54, 1.807) is 7.05 Å². The van der Waals surface area contributed by atoms with Crippen molar-refractivity contribution in [3.8, 4) is 12.1 Å². The van der Waals surface area contributed by atoms with Gasteiger partial charge in [0.1, 0.15) is 6.04 Å². The summed E-state index contributed by atoms with van der Waals surface area (Å²) in [7, 11) is 1.58. The van der Waals surface area contributed by atoms with Crippen molar-refractivity contribution >= 4 is 17.5 Å². The highest BCUT2D eigenvalue weighted by Crippen LogP contribution is 2.31. The van der Waals surface area contributed by atoms with Gasteiger partial charge in [-0.3, -0.25) is 9.59 Å². The zero-order valence-electron chi connectivity index (χ0n) is 14.2. The normalized spacial score (nSPS) is 15.0. The molecule has 7 heteroatoms. The van der Waals surface area contributed by atoms with Crippen molar-refractivity contribution in [3.05, 3.63) is 29.8 Å².